The quantitative estimate of drug-likeness (QED) is 0.390. The maximum atomic E-state index is 11.0. The fourth-order valence-electron chi connectivity index (χ4n) is 1.41. The van der Waals surface area contributed by atoms with Crippen molar-refractivity contribution in [1.29, 1.82) is 0 Å². The molecule has 0 saturated carbocycles. The summed E-state index contributed by atoms with van der Waals surface area (Å²) in [5.74, 6) is 0. The molecule has 72 valence electrons. The Kier molecular flexibility index (Phi) is 1.85. The molecule has 2 rings (SSSR count). The van der Waals surface area contributed by atoms with Gasteiger partial charge in [-0.2, -0.15) is 0 Å². The standard InChI is InChI=1S/C9H10N4O/c1-11-9-3-2-8(10)7-5-13(14)12-4-6(7)9/h2-5,11H,10H2,1H3. The van der Waals surface area contributed by atoms with E-state index in [1.165, 1.54) is 12.4 Å². The van der Waals surface area contributed by atoms with Crippen LogP contribution in [0.4, 0.5) is 11.4 Å². The topological polar surface area (TPSA) is 77.9 Å². The predicted molar refractivity (Wildman–Crippen MR) is 54.7 cm³/mol. The van der Waals surface area contributed by atoms with Gasteiger partial charge in [-0.15, -0.1) is 0 Å². The molecule has 0 aliphatic heterocycles. The summed E-state index contributed by atoms with van der Waals surface area (Å²) in [6, 6.07) is 3.61. The van der Waals surface area contributed by atoms with Crippen molar-refractivity contribution >= 4 is 22.1 Å². The summed E-state index contributed by atoms with van der Waals surface area (Å²) in [6.45, 7) is 0. The molecule has 5 nitrogen and oxygen atoms in total. The predicted octanol–water partition coefficient (Wildman–Crippen LogP) is 0.492. The van der Waals surface area contributed by atoms with E-state index in [9.17, 15) is 5.21 Å². The molecule has 2 aromatic rings. The highest BCUT2D eigenvalue weighted by molar-refractivity contribution is 5.99. The van der Waals surface area contributed by atoms with Crippen LogP contribution >= 0.6 is 0 Å². The van der Waals surface area contributed by atoms with Crippen LogP contribution in [0.25, 0.3) is 10.8 Å². The SMILES string of the molecule is CNc1ccc(N)c2c[n+]([O-])ncc12. The number of nitrogens with two attached hydrogens (primary N) is 1. The number of nitrogens with zero attached hydrogens (tertiary/aromatic N) is 2. The maximum Gasteiger partial charge on any atom is 0.219 e. The zero-order valence-electron chi connectivity index (χ0n) is 7.69. The molecule has 0 unspecified atom stereocenters. The molecule has 1 aromatic carbocycles. The molecule has 1 heterocycles. The van der Waals surface area contributed by atoms with Gasteiger partial charge >= 0.3 is 0 Å². The Labute approximate surface area is 80.7 Å². The first-order valence-corrected chi connectivity index (χ1v) is 4.18. The molecule has 0 fully saturated rings. The van der Waals surface area contributed by atoms with Crippen LogP contribution in [0, 0.1) is 5.21 Å². The lowest BCUT2D eigenvalue weighted by atomic mass is 10.1. The average molecular weight is 190 g/mol. The third kappa shape index (κ3) is 1.19. The molecule has 1 aromatic heterocycles. The van der Waals surface area contributed by atoms with E-state index < -0.39 is 0 Å². The molecule has 0 atom stereocenters. The zero-order chi connectivity index (χ0) is 10.1. The molecule has 0 spiro atoms. The number of hydrogen-bond acceptors (Lipinski definition) is 4. The minimum Gasteiger partial charge on any atom is -0.594 e. The van der Waals surface area contributed by atoms with Crippen molar-refractivity contribution in [3.63, 3.8) is 0 Å². The molecule has 3 N–H and O–H groups in total. The van der Waals surface area contributed by atoms with Crippen molar-refractivity contribution in [3.05, 3.63) is 29.7 Å². The van der Waals surface area contributed by atoms with Gasteiger partial charge in [0.15, 0.2) is 0 Å². The second kappa shape index (κ2) is 3.02. The lowest BCUT2D eigenvalue weighted by molar-refractivity contribution is -0.667. The van der Waals surface area contributed by atoms with E-state index in [2.05, 4.69) is 10.4 Å². The second-order valence-corrected chi connectivity index (χ2v) is 2.96. The van der Waals surface area contributed by atoms with E-state index in [0.717, 1.165) is 11.1 Å². The van der Waals surface area contributed by atoms with Crippen LogP contribution in [0.5, 0.6) is 0 Å². The number of rotatable bonds is 1. The molecular formula is C9H10N4O. The Balaban J connectivity index is 2.84. The molecule has 5 heteroatoms. The van der Waals surface area contributed by atoms with Crippen molar-refractivity contribution in [1.82, 2.24) is 5.10 Å². The van der Waals surface area contributed by atoms with Gasteiger partial charge in [-0.25, -0.2) is 0 Å². The Hall–Kier alpha value is -2.04. The summed E-state index contributed by atoms with van der Waals surface area (Å²) in [5.41, 5.74) is 7.22. The van der Waals surface area contributed by atoms with Gasteiger partial charge in [0.25, 0.3) is 0 Å². The van der Waals surface area contributed by atoms with Gasteiger partial charge in [0.1, 0.15) is 6.20 Å². The largest absolute Gasteiger partial charge is 0.594 e. The highest BCUT2D eigenvalue weighted by Crippen LogP contribution is 2.25. The molecule has 0 amide bonds. The summed E-state index contributed by atoms with van der Waals surface area (Å²) >= 11 is 0. The van der Waals surface area contributed by atoms with Gasteiger partial charge in [0, 0.05) is 28.9 Å². The highest BCUT2D eigenvalue weighted by atomic mass is 16.5. The van der Waals surface area contributed by atoms with Crippen LogP contribution in [0.3, 0.4) is 0 Å². The fraction of sp³-hybridized carbons (Fsp3) is 0.111. The number of aromatic nitrogens is 2. The van der Waals surface area contributed by atoms with Crippen LogP contribution in [0.15, 0.2) is 24.5 Å². The van der Waals surface area contributed by atoms with Gasteiger partial charge in [0.2, 0.25) is 6.20 Å². The average Bonchev–Trinajstić information content (AvgIpc) is 2.19. The van der Waals surface area contributed by atoms with Crippen LogP contribution < -0.4 is 15.9 Å². The molecule has 0 radical (unpaired) electrons. The summed E-state index contributed by atoms with van der Waals surface area (Å²) < 4.78 is 0. The summed E-state index contributed by atoms with van der Waals surface area (Å²) in [4.78, 5) is 0.498. The summed E-state index contributed by atoms with van der Waals surface area (Å²) in [7, 11) is 1.81. The number of nitrogens with one attached hydrogen (secondary N) is 1. The third-order valence-corrected chi connectivity index (χ3v) is 2.13. The lowest BCUT2D eigenvalue weighted by Crippen LogP contribution is -2.29. The second-order valence-electron chi connectivity index (χ2n) is 2.96. The minimum absolute atomic E-state index is 0.498. The summed E-state index contributed by atoms with van der Waals surface area (Å²) in [6.07, 6.45) is 2.87. The Bertz CT molecular complexity index is 483. The van der Waals surface area contributed by atoms with E-state index in [1.807, 2.05) is 13.1 Å². The van der Waals surface area contributed by atoms with Crippen LogP contribution in [0.2, 0.25) is 0 Å². The van der Waals surface area contributed by atoms with Gasteiger partial charge in [-0.05, 0) is 12.1 Å². The molecule has 0 bridgehead atoms. The molecular weight excluding hydrogens is 180 g/mol. The van der Waals surface area contributed by atoms with Crippen LogP contribution in [0.1, 0.15) is 0 Å². The van der Waals surface area contributed by atoms with Crippen LogP contribution in [-0.2, 0) is 0 Å². The first-order valence-electron chi connectivity index (χ1n) is 4.18. The van der Waals surface area contributed by atoms with Crippen molar-refractivity contribution in [2.45, 2.75) is 0 Å². The molecule has 0 saturated heterocycles. The van der Waals surface area contributed by atoms with Crippen molar-refractivity contribution in [3.8, 4) is 0 Å². The highest BCUT2D eigenvalue weighted by Gasteiger charge is 2.06. The Morgan fingerprint density at radius 1 is 1.43 bits per heavy atom. The first-order chi connectivity index (χ1) is 6.72. The lowest BCUT2D eigenvalue weighted by Gasteiger charge is -2.06. The number of hydrogen-bond donors (Lipinski definition) is 2. The van der Waals surface area contributed by atoms with E-state index in [-0.39, 0.29) is 0 Å². The van der Waals surface area contributed by atoms with Gasteiger partial charge in [-0.1, -0.05) is 4.85 Å². The van der Waals surface area contributed by atoms with E-state index in [0.29, 0.717) is 15.9 Å². The van der Waals surface area contributed by atoms with Crippen molar-refractivity contribution in [2.24, 2.45) is 0 Å². The Morgan fingerprint density at radius 2 is 2.21 bits per heavy atom. The van der Waals surface area contributed by atoms with E-state index >= 15 is 0 Å². The van der Waals surface area contributed by atoms with E-state index in [4.69, 9.17) is 5.73 Å². The minimum atomic E-state index is 0.498. The van der Waals surface area contributed by atoms with Gasteiger partial charge < -0.3 is 16.3 Å². The van der Waals surface area contributed by atoms with Crippen molar-refractivity contribution in [2.75, 3.05) is 18.1 Å². The fourth-order valence-corrected chi connectivity index (χ4v) is 1.41. The Morgan fingerprint density at radius 3 is 2.93 bits per heavy atom. The zero-order valence-corrected chi connectivity index (χ0v) is 7.69. The van der Waals surface area contributed by atoms with Crippen LogP contribution in [-0.4, -0.2) is 12.1 Å². The number of fused-ring (bicyclic) bond motifs is 1. The number of nitrogen functional groups attached to an aromatic ring is 1. The maximum absolute atomic E-state index is 11.0. The molecule has 0 aliphatic carbocycles. The molecule has 14 heavy (non-hydrogen) atoms. The summed E-state index contributed by atoms with van der Waals surface area (Å²) in [5, 5.41) is 19.2. The first kappa shape index (κ1) is 8.55. The smallest absolute Gasteiger partial charge is 0.219 e. The van der Waals surface area contributed by atoms with Gasteiger partial charge in [0.05, 0.1) is 5.39 Å². The normalized spacial score (nSPS) is 10.4. The van der Waals surface area contributed by atoms with Crippen molar-refractivity contribution < 1.29 is 4.85 Å². The number of benzene rings is 1. The van der Waals surface area contributed by atoms with Gasteiger partial charge in [-0.3, -0.25) is 0 Å². The molecule has 0 aliphatic rings. The monoisotopic (exact) mass is 190 g/mol. The number of anilines is 2. The third-order valence-electron chi connectivity index (χ3n) is 2.13. The van der Waals surface area contributed by atoms with E-state index in [1.54, 1.807) is 6.07 Å².